The first-order chi connectivity index (χ1) is 5.26. The van der Waals surface area contributed by atoms with E-state index < -0.39 is 0 Å². The van der Waals surface area contributed by atoms with E-state index in [4.69, 9.17) is 0 Å². The van der Waals surface area contributed by atoms with Gasteiger partial charge in [-0.25, -0.2) is 0 Å². The molecule has 11 heavy (non-hydrogen) atoms. The van der Waals surface area contributed by atoms with Gasteiger partial charge < -0.3 is 0 Å². The van der Waals surface area contributed by atoms with Gasteiger partial charge in [0.1, 0.15) is 0 Å². The van der Waals surface area contributed by atoms with Crippen molar-refractivity contribution in [1.82, 2.24) is 0 Å². The molecule has 1 unspecified atom stereocenters. The Morgan fingerprint density at radius 2 is 2.18 bits per heavy atom. The molecule has 0 aliphatic carbocycles. The van der Waals surface area contributed by atoms with Gasteiger partial charge in [0.25, 0.3) is 0 Å². The number of hydrogen-bond donors (Lipinski definition) is 0. The molecule has 0 spiro atoms. The number of rotatable bonds is 4. The monoisotopic (exact) mass is 150 g/mol. The van der Waals surface area contributed by atoms with Gasteiger partial charge in [0, 0.05) is 0 Å². The summed E-state index contributed by atoms with van der Waals surface area (Å²) in [6.45, 7) is 10.2. The van der Waals surface area contributed by atoms with E-state index in [2.05, 4.69) is 38.7 Å². The van der Waals surface area contributed by atoms with Crippen molar-refractivity contribution >= 4 is 0 Å². The molecular formula is C11H18. The molecule has 0 aromatic rings. The lowest BCUT2D eigenvalue weighted by molar-refractivity contribution is 0.670. The predicted octanol–water partition coefficient (Wildman–Crippen LogP) is 3.72. The van der Waals surface area contributed by atoms with Crippen LogP contribution in [0.4, 0.5) is 0 Å². The van der Waals surface area contributed by atoms with Gasteiger partial charge in [0.05, 0.1) is 0 Å². The van der Waals surface area contributed by atoms with Gasteiger partial charge in [-0.3, -0.25) is 0 Å². The lowest BCUT2D eigenvalue weighted by Crippen LogP contribution is -1.93. The molecule has 62 valence electrons. The highest BCUT2D eigenvalue weighted by Crippen LogP contribution is 2.15. The molecule has 0 N–H and O–H groups in total. The topological polar surface area (TPSA) is 0 Å². The quantitative estimate of drug-likeness (QED) is 0.536. The summed E-state index contributed by atoms with van der Waals surface area (Å²) in [5.74, 6) is 0.643. The van der Waals surface area contributed by atoms with E-state index in [1.165, 1.54) is 12.0 Å². The van der Waals surface area contributed by atoms with Crippen LogP contribution in [0.3, 0.4) is 0 Å². The highest BCUT2D eigenvalue weighted by molar-refractivity contribution is 5.24. The number of allylic oxidation sites excluding steroid dienone is 5. The second-order valence-electron chi connectivity index (χ2n) is 2.71. The Kier molecular flexibility index (Phi) is 5.54. The van der Waals surface area contributed by atoms with Gasteiger partial charge in [-0.1, -0.05) is 44.7 Å². The average molecular weight is 150 g/mol. The van der Waals surface area contributed by atoms with Gasteiger partial charge in [-0.2, -0.15) is 0 Å². The Hall–Kier alpha value is -0.780. The van der Waals surface area contributed by atoms with Crippen molar-refractivity contribution in [3.63, 3.8) is 0 Å². The van der Waals surface area contributed by atoms with Crippen molar-refractivity contribution in [1.29, 1.82) is 0 Å². The standard InChI is InChI=1S/C11H18/c1-5-8-11(9-6-2)10(4)7-3/h5-6,8-10H,1,7H2,2-4H3. The minimum Gasteiger partial charge on any atom is -0.0991 e. The molecule has 0 heterocycles. The smallest absolute Gasteiger partial charge is 0.0193 e. The summed E-state index contributed by atoms with van der Waals surface area (Å²) < 4.78 is 0. The lowest BCUT2D eigenvalue weighted by Gasteiger charge is -2.08. The van der Waals surface area contributed by atoms with Crippen LogP contribution < -0.4 is 0 Å². The Balaban J connectivity index is 4.32. The van der Waals surface area contributed by atoms with Gasteiger partial charge in [0.15, 0.2) is 0 Å². The van der Waals surface area contributed by atoms with E-state index in [-0.39, 0.29) is 0 Å². The molecule has 0 nitrogen and oxygen atoms in total. The van der Waals surface area contributed by atoms with Crippen molar-refractivity contribution in [2.45, 2.75) is 27.2 Å². The first-order valence-corrected chi connectivity index (χ1v) is 4.21. The van der Waals surface area contributed by atoms with E-state index in [0.29, 0.717) is 5.92 Å². The highest BCUT2D eigenvalue weighted by Gasteiger charge is 2.00. The largest absolute Gasteiger partial charge is 0.0991 e. The fourth-order valence-corrected chi connectivity index (χ4v) is 0.948. The molecule has 0 fully saturated rings. The van der Waals surface area contributed by atoms with Crippen LogP contribution in [0.25, 0.3) is 0 Å². The molecule has 0 aliphatic rings. The van der Waals surface area contributed by atoms with E-state index in [0.717, 1.165) is 0 Å². The summed E-state index contributed by atoms with van der Waals surface area (Å²) in [5, 5.41) is 0. The molecule has 0 saturated carbocycles. The number of hydrogen-bond acceptors (Lipinski definition) is 0. The SMILES string of the molecule is C=CC=C(C=CC)C(C)CC. The second kappa shape index (κ2) is 5.96. The molecule has 0 radical (unpaired) electrons. The summed E-state index contributed by atoms with van der Waals surface area (Å²) >= 11 is 0. The van der Waals surface area contributed by atoms with Crippen LogP contribution in [0.5, 0.6) is 0 Å². The van der Waals surface area contributed by atoms with Crippen molar-refractivity contribution in [2.24, 2.45) is 5.92 Å². The molecule has 0 amide bonds. The molecule has 0 bridgehead atoms. The fraction of sp³-hybridized carbons (Fsp3) is 0.455. The zero-order valence-corrected chi connectivity index (χ0v) is 7.80. The minimum absolute atomic E-state index is 0.643. The fourth-order valence-electron chi connectivity index (χ4n) is 0.948. The molecule has 0 aliphatic heterocycles. The maximum atomic E-state index is 3.69. The Bertz CT molecular complexity index is 161. The maximum Gasteiger partial charge on any atom is -0.0193 e. The molecule has 0 aromatic carbocycles. The van der Waals surface area contributed by atoms with E-state index in [1.807, 2.05) is 13.0 Å². The molecule has 0 saturated heterocycles. The van der Waals surface area contributed by atoms with Crippen molar-refractivity contribution in [3.8, 4) is 0 Å². The summed E-state index contributed by atoms with van der Waals surface area (Å²) in [4.78, 5) is 0. The zero-order valence-electron chi connectivity index (χ0n) is 7.80. The summed E-state index contributed by atoms with van der Waals surface area (Å²) in [6, 6.07) is 0. The van der Waals surface area contributed by atoms with Gasteiger partial charge in [0.2, 0.25) is 0 Å². The zero-order chi connectivity index (χ0) is 8.69. The molecule has 1 atom stereocenters. The van der Waals surface area contributed by atoms with Crippen molar-refractivity contribution in [2.75, 3.05) is 0 Å². The lowest BCUT2D eigenvalue weighted by atomic mass is 9.98. The Morgan fingerprint density at radius 1 is 1.55 bits per heavy atom. The van der Waals surface area contributed by atoms with Crippen molar-refractivity contribution < 1.29 is 0 Å². The third kappa shape index (κ3) is 3.82. The molecule has 0 heteroatoms. The van der Waals surface area contributed by atoms with E-state index >= 15 is 0 Å². The van der Waals surface area contributed by atoms with Gasteiger partial charge in [-0.15, -0.1) is 0 Å². The second-order valence-corrected chi connectivity index (χ2v) is 2.71. The summed E-state index contributed by atoms with van der Waals surface area (Å²) in [7, 11) is 0. The summed E-state index contributed by atoms with van der Waals surface area (Å²) in [6.07, 6.45) is 9.33. The van der Waals surface area contributed by atoms with Crippen LogP contribution in [0.2, 0.25) is 0 Å². The average Bonchev–Trinajstić information content (AvgIpc) is 2.03. The van der Waals surface area contributed by atoms with Crippen LogP contribution in [-0.2, 0) is 0 Å². The first-order valence-electron chi connectivity index (χ1n) is 4.21. The Morgan fingerprint density at radius 3 is 2.55 bits per heavy atom. The van der Waals surface area contributed by atoms with Crippen LogP contribution in [0.15, 0.2) is 36.5 Å². The minimum atomic E-state index is 0.643. The van der Waals surface area contributed by atoms with E-state index in [9.17, 15) is 0 Å². The molecular weight excluding hydrogens is 132 g/mol. The van der Waals surface area contributed by atoms with Crippen LogP contribution in [0, 0.1) is 5.92 Å². The van der Waals surface area contributed by atoms with Gasteiger partial charge in [-0.05, 0) is 24.8 Å². The van der Waals surface area contributed by atoms with E-state index in [1.54, 1.807) is 0 Å². The van der Waals surface area contributed by atoms with Crippen LogP contribution in [-0.4, -0.2) is 0 Å². The first kappa shape index (κ1) is 10.2. The molecule has 0 aromatic heterocycles. The Labute approximate surface area is 70.3 Å². The highest BCUT2D eigenvalue weighted by atomic mass is 14.1. The normalized spacial score (nSPS) is 15.4. The predicted molar refractivity (Wildman–Crippen MR) is 52.5 cm³/mol. The van der Waals surface area contributed by atoms with Crippen LogP contribution >= 0.6 is 0 Å². The van der Waals surface area contributed by atoms with Gasteiger partial charge >= 0.3 is 0 Å². The van der Waals surface area contributed by atoms with Crippen LogP contribution in [0.1, 0.15) is 27.2 Å². The van der Waals surface area contributed by atoms with Crippen molar-refractivity contribution in [3.05, 3.63) is 36.5 Å². The third-order valence-corrected chi connectivity index (χ3v) is 1.85. The summed E-state index contributed by atoms with van der Waals surface area (Å²) in [5.41, 5.74) is 1.37. The molecule has 0 rings (SSSR count). The maximum absolute atomic E-state index is 3.69. The third-order valence-electron chi connectivity index (χ3n) is 1.85.